The van der Waals surface area contributed by atoms with E-state index >= 15 is 0 Å². The number of nitrogens with one attached hydrogen (secondary N) is 1. The Morgan fingerprint density at radius 2 is 1.81 bits per heavy atom. The molecule has 0 aromatic carbocycles. The fourth-order valence-electron chi connectivity index (χ4n) is 2.33. The third-order valence-corrected chi connectivity index (χ3v) is 3.26. The van der Waals surface area contributed by atoms with Crippen LogP contribution in [0.4, 0.5) is 13.2 Å². The first-order valence-electron chi connectivity index (χ1n) is 6.97. The van der Waals surface area contributed by atoms with Crippen molar-refractivity contribution in [1.82, 2.24) is 10.3 Å². The van der Waals surface area contributed by atoms with Gasteiger partial charge in [-0.3, -0.25) is 4.98 Å². The lowest BCUT2D eigenvalue weighted by atomic mass is 9.86. The predicted molar refractivity (Wildman–Crippen MR) is 75.9 cm³/mol. The van der Waals surface area contributed by atoms with E-state index in [4.69, 9.17) is 0 Å². The van der Waals surface area contributed by atoms with Gasteiger partial charge in [0.05, 0.1) is 6.10 Å². The monoisotopic (exact) mass is 304 g/mol. The molecule has 1 heterocycles. The molecule has 6 heteroatoms. The topological polar surface area (TPSA) is 45.1 Å². The van der Waals surface area contributed by atoms with Gasteiger partial charge in [-0.25, -0.2) is 0 Å². The number of halogens is 3. The maximum atomic E-state index is 13.1. The summed E-state index contributed by atoms with van der Waals surface area (Å²) in [5, 5.41) is 12.0. The van der Waals surface area contributed by atoms with Gasteiger partial charge < -0.3 is 10.4 Å². The first-order chi connectivity index (χ1) is 9.60. The molecular formula is C15H23F3N2O. The first-order valence-corrected chi connectivity index (χ1v) is 6.97. The molecule has 0 amide bonds. The maximum Gasteiger partial charge on any atom is 0.404 e. The van der Waals surface area contributed by atoms with Crippen molar-refractivity contribution in [1.29, 1.82) is 0 Å². The molecule has 0 bridgehead atoms. The lowest BCUT2D eigenvalue weighted by Crippen LogP contribution is -2.47. The zero-order chi connectivity index (χ0) is 16.1. The number of hydrogen-bond donors (Lipinski definition) is 2. The van der Waals surface area contributed by atoms with E-state index in [9.17, 15) is 18.3 Å². The van der Waals surface area contributed by atoms with Crippen LogP contribution in [0.5, 0.6) is 0 Å². The van der Waals surface area contributed by atoms with E-state index in [1.54, 1.807) is 19.1 Å². The van der Waals surface area contributed by atoms with E-state index in [1.807, 2.05) is 13.8 Å². The number of aliphatic hydroxyl groups is 1. The third kappa shape index (κ3) is 6.91. The summed E-state index contributed by atoms with van der Waals surface area (Å²) in [5.74, 6) is 0. The van der Waals surface area contributed by atoms with Gasteiger partial charge in [-0.2, -0.15) is 13.2 Å². The molecule has 2 N–H and O–H groups in total. The van der Waals surface area contributed by atoms with Crippen LogP contribution in [0.1, 0.15) is 32.8 Å². The van der Waals surface area contributed by atoms with Crippen LogP contribution in [0, 0.1) is 5.41 Å². The van der Waals surface area contributed by atoms with Crippen LogP contribution in [-0.4, -0.2) is 35.0 Å². The molecule has 0 radical (unpaired) electrons. The quantitative estimate of drug-likeness (QED) is 0.814. The van der Waals surface area contributed by atoms with Gasteiger partial charge in [0.2, 0.25) is 0 Å². The van der Waals surface area contributed by atoms with Gasteiger partial charge in [0, 0.05) is 18.9 Å². The highest BCUT2D eigenvalue weighted by Gasteiger charge is 2.40. The number of alkyl halides is 3. The average molecular weight is 304 g/mol. The van der Waals surface area contributed by atoms with Crippen LogP contribution < -0.4 is 5.32 Å². The lowest BCUT2D eigenvalue weighted by Gasteiger charge is -2.30. The molecule has 0 saturated heterocycles. The zero-order valence-corrected chi connectivity index (χ0v) is 12.6. The molecule has 0 aliphatic heterocycles. The molecule has 0 aliphatic carbocycles. The Hall–Kier alpha value is -1.14. The Kier molecular flexibility index (Phi) is 6.16. The molecule has 3 nitrogen and oxygen atoms in total. The summed E-state index contributed by atoms with van der Waals surface area (Å²) in [6.07, 6.45) is -1.56. The zero-order valence-electron chi connectivity index (χ0n) is 12.6. The fourth-order valence-corrected chi connectivity index (χ4v) is 2.33. The number of pyridine rings is 1. The second kappa shape index (κ2) is 7.22. The van der Waals surface area contributed by atoms with E-state index in [2.05, 4.69) is 10.3 Å². The highest BCUT2D eigenvalue weighted by atomic mass is 19.4. The fraction of sp³-hybridized carbons (Fsp3) is 0.667. The van der Waals surface area contributed by atoms with Crippen LogP contribution >= 0.6 is 0 Å². The minimum absolute atomic E-state index is 0.128. The van der Waals surface area contributed by atoms with Gasteiger partial charge in [-0.1, -0.05) is 13.8 Å². The van der Waals surface area contributed by atoms with Crippen molar-refractivity contribution < 1.29 is 18.3 Å². The van der Waals surface area contributed by atoms with Crippen LogP contribution in [0.25, 0.3) is 0 Å². The number of rotatable bonds is 7. The number of aromatic nitrogens is 1. The molecule has 1 aromatic heterocycles. The molecule has 1 rings (SSSR count). The second-order valence-electron chi connectivity index (χ2n) is 6.25. The highest BCUT2D eigenvalue weighted by molar-refractivity contribution is 5.12. The summed E-state index contributed by atoms with van der Waals surface area (Å²) in [5.41, 5.74) is 0.184. The third-order valence-electron chi connectivity index (χ3n) is 3.26. The predicted octanol–water partition coefficient (Wildman–Crippen LogP) is 2.94. The maximum absolute atomic E-state index is 13.1. The Balaban J connectivity index is 2.68. The molecule has 1 aromatic rings. The Morgan fingerprint density at radius 1 is 1.24 bits per heavy atom. The van der Waals surface area contributed by atoms with Crippen molar-refractivity contribution in [3.8, 4) is 0 Å². The molecule has 0 spiro atoms. The summed E-state index contributed by atoms with van der Waals surface area (Å²) in [7, 11) is 0. The van der Waals surface area contributed by atoms with Gasteiger partial charge in [-0.15, -0.1) is 0 Å². The Labute approximate surface area is 123 Å². The Morgan fingerprint density at radius 3 is 2.29 bits per heavy atom. The van der Waals surface area contributed by atoms with E-state index in [0.29, 0.717) is 12.0 Å². The molecular weight excluding hydrogens is 281 g/mol. The smallest absolute Gasteiger partial charge is 0.393 e. The van der Waals surface area contributed by atoms with Gasteiger partial charge in [-0.05, 0) is 42.9 Å². The molecule has 0 aliphatic rings. The number of nitrogens with zero attached hydrogens (tertiary/aromatic N) is 1. The SMILES string of the molecule is CC(O)CC(C)(C)CNC(Cc1ccncc1)C(F)(F)F. The molecule has 0 fully saturated rings. The summed E-state index contributed by atoms with van der Waals surface area (Å²) in [4.78, 5) is 3.80. The molecule has 21 heavy (non-hydrogen) atoms. The second-order valence-corrected chi connectivity index (χ2v) is 6.25. The van der Waals surface area contributed by atoms with E-state index in [1.165, 1.54) is 12.4 Å². The van der Waals surface area contributed by atoms with Crippen molar-refractivity contribution in [2.45, 2.75) is 51.9 Å². The van der Waals surface area contributed by atoms with Crippen molar-refractivity contribution in [2.24, 2.45) is 5.41 Å². The van der Waals surface area contributed by atoms with Crippen LogP contribution in [0.2, 0.25) is 0 Å². The lowest BCUT2D eigenvalue weighted by molar-refractivity contribution is -0.156. The summed E-state index contributed by atoms with van der Waals surface area (Å²) in [6.45, 7) is 5.51. The van der Waals surface area contributed by atoms with Crippen molar-refractivity contribution in [3.63, 3.8) is 0 Å². The molecule has 120 valence electrons. The van der Waals surface area contributed by atoms with Crippen LogP contribution in [-0.2, 0) is 6.42 Å². The van der Waals surface area contributed by atoms with E-state index < -0.39 is 23.7 Å². The normalized spacial score (nSPS) is 15.8. The van der Waals surface area contributed by atoms with Crippen molar-refractivity contribution >= 4 is 0 Å². The minimum Gasteiger partial charge on any atom is -0.393 e. The van der Waals surface area contributed by atoms with Gasteiger partial charge >= 0.3 is 6.18 Å². The summed E-state index contributed by atoms with van der Waals surface area (Å²) in [6, 6.07) is 1.57. The molecule has 0 saturated carbocycles. The van der Waals surface area contributed by atoms with Crippen LogP contribution in [0.15, 0.2) is 24.5 Å². The summed E-state index contributed by atoms with van der Waals surface area (Å²) < 4.78 is 39.3. The standard InChI is InChI=1S/C15H23F3N2O/c1-11(21)9-14(2,3)10-20-13(15(16,17)18)8-12-4-6-19-7-5-12/h4-7,11,13,20-21H,8-10H2,1-3H3. The van der Waals surface area contributed by atoms with Crippen molar-refractivity contribution in [3.05, 3.63) is 30.1 Å². The molecule has 2 atom stereocenters. The first kappa shape index (κ1) is 17.9. The van der Waals surface area contributed by atoms with Gasteiger partial charge in [0.25, 0.3) is 0 Å². The number of aliphatic hydroxyl groups excluding tert-OH is 1. The minimum atomic E-state index is -4.32. The average Bonchev–Trinajstić information content (AvgIpc) is 2.32. The van der Waals surface area contributed by atoms with Gasteiger partial charge in [0.1, 0.15) is 6.04 Å². The summed E-state index contributed by atoms with van der Waals surface area (Å²) >= 11 is 0. The Bertz CT molecular complexity index is 419. The van der Waals surface area contributed by atoms with E-state index in [0.717, 1.165) is 0 Å². The van der Waals surface area contributed by atoms with Gasteiger partial charge in [0.15, 0.2) is 0 Å². The van der Waals surface area contributed by atoms with Crippen molar-refractivity contribution in [2.75, 3.05) is 6.54 Å². The largest absolute Gasteiger partial charge is 0.404 e. The van der Waals surface area contributed by atoms with Crippen LogP contribution in [0.3, 0.4) is 0 Å². The van der Waals surface area contributed by atoms with E-state index in [-0.39, 0.29) is 13.0 Å². The number of hydrogen-bond acceptors (Lipinski definition) is 3. The molecule has 2 unspecified atom stereocenters. The highest BCUT2D eigenvalue weighted by Crippen LogP contribution is 2.26.